The summed E-state index contributed by atoms with van der Waals surface area (Å²) in [6, 6.07) is 59.7. The van der Waals surface area contributed by atoms with Crippen molar-refractivity contribution in [2.45, 2.75) is 0 Å². The van der Waals surface area contributed by atoms with Gasteiger partial charge in [-0.05, 0) is 101 Å². The van der Waals surface area contributed by atoms with Crippen LogP contribution in [0.5, 0.6) is 0 Å². The molecule has 222 valence electrons. The van der Waals surface area contributed by atoms with E-state index < -0.39 is 0 Å². The number of para-hydroxylation sites is 3. The van der Waals surface area contributed by atoms with Crippen LogP contribution in [0, 0.1) is 0 Å². The molecule has 0 bridgehead atoms. The summed E-state index contributed by atoms with van der Waals surface area (Å²) in [5.74, 6) is 0. The summed E-state index contributed by atoms with van der Waals surface area (Å²) in [5.41, 5.74) is 4.96. The third-order valence-electron chi connectivity index (χ3n) is 10.3. The molecule has 0 spiro atoms. The van der Waals surface area contributed by atoms with Crippen molar-refractivity contribution >= 4 is 104 Å². The number of benzene rings is 9. The Morgan fingerprint density at radius 2 is 0.854 bits per heavy atom. The molecule has 0 N–H and O–H groups in total. The lowest BCUT2D eigenvalue weighted by Gasteiger charge is -2.27. The van der Waals surface area contributed by atoms with Crippen molar-refractivity contribution in [2.75, 3.05) is 4.90 Å². The zero-order chi connectivity index (χ0) is 31.3. The summed E-state index contributed by atoms with van der Waals surface area (Å²) in [7, 11) is 0. The molecule has 48 heavy (non-hydrogen) atoms. The molecule has 1 heterocycles. The lowest BCUT2D eigenvalue weighted by Crippen LogP contribution is -2.10. The molecule has 0 amide bonds. The van der Waals surface area contributed by atoms with Crippen LogP contribution in [-0.4, -0.2) is 0 Å². The fraction of sp³-hybridized carbons (Fsp3) is 0. The van der Waals surface area contributed by atoms with E-state index in [0.717, 1.165) is 39.0 Å². The predicted molar refractivity (Wildman–Crippen MR) is 205 cm³/mol. The Labute approximate surface area is 276 Å². The van der Waals surface area contributed by atoms with Crippen molar-refractivity contribution in [3.63, 3.8) is 0 Å². The molecule has 0 unspecified atom stereocenters. The second kappa shape index (κ2) is 9.57. The first-order valence-electron chi connectivity index (χ1n) is 16.5. The minimum Gasteiger partial charge on any atom is -0.454 e. The van der Waals surface area contributed by atoms with Crippen LogP contribution in [0.2, 0.25) is 0 Å². The van der Waals surface area contributed by atoms with Gasteiger partial charge in [0.2, 0.25) is 0 Å². The van der Waals surface area contributed by atoms with Crippen molar-refractivity contribution in [3.8, 4) is 0 Å². The fourth-order valence-corrected chi connectivity index (χ4v) is 8.31. The molecule has 2 heteroatoms. The van der Waals surface area contributed by atoms with Gasteiger partial charge in [0, 0.05) is 22.1 Å². The largest absolute Gasteiger partial charge is 0.454 e. The van der Waals surface area contributed by atoms with Crippen LogP contribution in [0.15, 0.2) is 168 Å². The maximum absolute atomic E-state index is 6.64. The Balaban J connectivity index is 1.35. The topological polar surface area (TPSA) is 16.4 Å². The molecule has 2 nitrogen and oxygen atoms in total. The highest BCUT2D eigenvalue weighted by Crippen LogP contribution is 2.47. The van der Waals surface area contributed by atoms with E-state index in [0.29, 0.717) is 0 Å². The minimum absolute atomic E-state index is 0.881. The Bertz CT molecular complexity index is 3060. The third-order valence-corrected chi connectivity index (χ3v) is 10.3. The molecule has 1 aromatic heterocycles. The number of furan rings is 1. The lowest BCUT2D eigenvalue weighted by molar-refractivity contribution is 0.669. The monoisotopic (exact) mass is 609 g/mol. The van der Waals surface area contributed by atoms with Crippen LogP contribution in [0.25, 0.3) is 86.6 Å². The van der Waals surface area contributed by atoms with Crippen LogP contribution in [-0.2, 0) is 0 Å². The number of nitrogens with zero attached hydrogens (tertiary/aromatic N) is 1. The van der Waals surface area contributed by atoms with Crippen LogP contribution >= 0.6 is 0 Å². The molecule has 0 saturated heterocycles. The van der Waals surface area contributed by atoms with Gasteiger partial charge in [0.1, 0.15) is 5.58 Å². The van der Waals surface area contributed by atoms with E-state index in [1.165, 1.54) is 64.6 Å². The summed E-state index contributed by atoms with van der Waals surface area (Å²) in [6.07, 6.45) is 0. The van der Waals surface area contributed by atoms with Gasteiger partial charge in [0.05, 0.1) is 5.69 Å². The van der Waals surface area contributed by atoms with E-state index in [1.807, 2.05) is 6.07 Å². The van der Waals surface area contributed by atoms with Crippen molar-refractivity contribution in [1.82, 2.24) is 0 Å². The van der Waals surface area contributed by atoms with E-state index >= 15 is 0 Å². The van der Waals surface area contributed by atoms with Crippen LogP contribution in [0.4, 0.5) is 17.1 Å². The predicted octanol–water partition coefficient (Wildman–Crippen LogP) is 13.4. The highest BCUT2D eigenvalue weighted by molar-refractivity contribution is 6.37. The second-order valence-electron chi connectivity index (χ2n) is 12.9. The normalized spacial score (nSPS) is 12.2. The quantitative estimate of drug-likeness (QED) is 0.185. The first kappa shape index (κ1) is 25.8. The number of anilines is 3. The lowest BCUT2D eigenvalue weighted by atomic mass is 9.87. The van der Waals surface area contributed by atoms with Crippen LogP contribution < -0.4 is 4.90 Å². The average molecular weight is 610 g/mol. The molecular formula is C46H27NO. The molecule has 0 aliphatic rings. The van der Waals surface area contributed by atoms with E-state index in [1.54, 1.807) is 0 Å². The molecule has 0 radical (unpaired) electrons. The Hall–Kier alpha value is -6.38. The van der Waals surface area contributed by atoms with Crippen molar-refractivity contribution in [3.05, 3.63) is 164 Å². The summed E-state index contributed by atoms with van der Waals surface area (Å²) in [6.45, 7) is 0. The number of hydrogen-bond acceptors (Lipinski definition) is 2. The first-order chi connectivity index (χ1) is 23.8. The van der Waals surface area contributed by atoms with Gasteiger partial charge in [-0.3, -0.25) is 0 Å². The fourth-order valence-electron chi connectivity index (χ4n) is 8.31. The molecule has 0 aliphatic carbocycles. The smallest absolute Gasteiger partial charge is 0.159 e. The van der Waals surface area contributed by atoms with E-state index in [-0.39, 0.29) is 0 Å². The minimum atomic E-state index is 0.881. The molecule has 0 fully saturated rings. The average Bonchev–Trinajstić information content (AvgIpc) is 3.53. The van der Waals surface area contributed by atoms with Gasteiger partial charge in [-0.2, -0.15) is 0 Å². The Morgan fingerprint density at radius 1 is 0.333 bits per heavy atom. The van der Waals surface area contributed by atoms with E-state index in [4.69, 9.17) is 4.42 Å². The van der Waals surface area contributed by atoms with Crippen molar-refractivity contribution < 1.29 is 4.42 Å². The second-order valence-corrected chi connectivity index (χ2v) is 12.9. The van der Waals surface area contributed by atoms with Crippen molar-refractivity contribution in [2.24, 2.45) is 0 Å². The van der Waals surface area contributed by atoms with Gasteiger partial charge in [0.25, 0.3) is 0 Å². The number of hydrogen-bond donors (Lipinski definition) is 0. The van der Waals surface area contributed by atoms with Gasteiger partial charge < -0.3 is 9.32 Å². The Morgan fingerprint density at radius 3 is 1.54 bits per heavy atom. The number of rotatable bonds is 3. The Kier molecular flexibility index (Phi) is 5.14. The van der Waals surface area contributed by atoms with Crippen LogP contribution in [0.3, 0.4) is 0 Å². The summed E-state index contributed by atoms with van der Waals surface area (Å²) in [5, 5.41) is 17.5. The van der Waals surface area contributed by atoms with Gasteiger partial charge in [0.15, 0.2) is 5.58 Å². The SMILES string of the molecule is c1ccc(N(c2cc3ccc4cccc5c6cccc7ccc8cccc(c(c2)c3c45)c8c76)c2cccc3c2oc2ccccc23)cc1. The number of fused-ring (bicyclic) bond motifs is 5. The molecule has 11 aromatic rings. The molecule has 0 aliphatic heterocycles. The van der Waals surface area contributed by atoms with E-state index in [9.17, 15) is 0 Å². The van der Waals surface area contributed by atoms with Gasteiger partial charge in [-0.1, -0.05) is 127 Å². The molecule has 0 atom stereocenters. The summed E-state index contributed by atoms with van der Waals surface area (Å²) in [4.78, 5) is 2.37. The zero-order valence-corrected chi connectivity index (χ0v) is 25.9. The standard InChI is InChI=1S/C46H27NO/c1-2-13-32(14-3-1)47(40-20-9-19-38-34-15-4-5-21-41(34)48-46(38)40)33-26-31-25-24-30-11-7-17-36-35-16-6-10-28-22-23-29-12-8-18-37(44(29)42(28)35)39(27-33)45(31)43(30)36/h1-27H. The van der Waals surface area contributed by atoms with Gasteiger partial charge >= 0.3 is 0 Å². The van der Waals surface area contributed by atoms with Gasteiger partial charge in [-0.25, -0.2) is 0 Å². The summed E-state index contributed by atoms with van der Waals surface area (Å²) < 4.78 is 6.64. The van der Waals surface area contributed by atoms with Crippen molar-refractivity contribution in [1.29, 1.82) is 0 Å². The van der Waals surface area contributed by atoms with Gasteiger partial charge in [-0.15, -0.1) is 0 Å². The molecule has 11 rings (SSSR count). The maximum Gasteiger partial charge on any atom is 0.159 e. The highest BCUT2D eigenvalue weighted by atomic mass is 16.3. The van der Waals surface area contributed by atoms with Crippen LogP contribution in [0.1, 0.15) is 0 Å². The maximum atomic E-state index is 6.64. The zero-order valence-electron chi connectivity index (χ0n) is 25.9. The highest BCUT2D eigenvalue weighted by Gasteiger charge is 2.22. The molecule has 10 aromatic carbocycles. The molecule has 0 saturated carbocycles. The third kappa shape index (κ3) is 3.46. The first-order valence-corrected chi connectivity index (χ1v) is 16.5. The molecular weight excluding hydrogens is 583 g/mol. The summed E-state index contributed by atoms with van der Waals surface area (Å²) >= 11 is 0. The van der Waals surface area contributed by atoms with E-state index in [2.05, 4.69) is 163 Å².